The molecule has 4 nitrogen and oxygen atoms in total. The topological polar surface area (TPSA) is 47.7 Å². The van der Waals surface area contributed by atoms with Gasteiger partial charge in [-0.05, 0) is 23.8 Å². The van der Waals surface area contributed by atoms with Crippen LogP contribution in [0.4, 0.5) is 18.9 Å². The van der Waals surface area contributed by atoms with E-state index in [1.807, 2.05) is 4.90 Å². The number of hydrogen-bond acceptors (Lipinski definition) is 4. The number of methoxy groups -OCH3 is 2. The molecule has 0 aromatic heterocycles. The Kier molecular flexibility index (Phi) is 4.75. The number of benzene rings is 1. The molecule has 0 radical (unpaired) electrons. The molecule has 0 saturated carbocycles. The maximum atomic E-state index is 12.9. The van der Waals surface area contributed by atoms with E-state index in [2.05, 4.69) is 0 Å². The van der Waals surface area contributed by atoms with Crippen LogP contribution in [0.1, 0.15) is 11.1 Å². The standard InChI is InChI=1S/C14H19F3N2O2/c1-20-12-7-19(8-13(12)21-2)10-3-4-11(14(15,16)17)9(5-10)6-18/h3-5,12-13H,6-8,18H2,1-2H3. The average molecular weight is 304 g/mol. The molecule has 0 amide bonds. The van der Waals surface area contributed by atoms with E-state index >= 15 is 0 Å². The second kappa shape index (κ2) is 6.21. The Morgan fingerprint density at radius 3 is 2.19 bits per heavy atom. The smallest absolute Gasteiger partial charge is 0.377 e. The van der Waals surface area contributed by atoms with Crippen molar-refractivity contribution in [3.8, 4) is 0 Å². The van der Waals surface area contributed by atoms with Gasteiger partial charge in [0.25, 0.3) is 0 Å². The minimum Gasteiger partial charge on any atom is -0.377 e. The second-order valence-corrected chi connectivity index (χ2v) is 5.00. The highest BCUT2D eigenvalue weighted by Crippen LogP contribution is 2.34. The van der Waals surface area contributed by atoms with Gasteiger partial charge in [0, 0.05) is 39.5 Å². The summed E-state index contributed by atoms with van der Waals surface area (Å²) in [4.78, 5) is 1.95. The summed E-state index contributed by atoms with van der Waals surface area (Å²) in [5.41, 5.74) is 5.56. The predicted octanol–water partition coefficient (Wildman–Crippen LogP) is 2.01. The first-order valence-corrected chi connectivity index (χ1v) is 6.61. The monoisotopic (exact) mass is 304 g/mol. The number of halogens is 3. The van der Waals surface area contributed by atoms with Crippen LogP contribution in [0.3, 0.4) is 0 Å². The Hall–Kier alpha value is -1.31. The van der Waals surface area contributed by atoms with Gasteiger partial charge >= 0.3 is 6.18 Å². The van der Waals surface area contributed by atoms with Crippen LogP contribution in [-0.2, 0) is 22.2 Å². The Labute approximate surface area is 121 Å². The molecule has 1 aliphatic heterocycles. The highest BCUT2D eigenvalue weighted by molar-refractivity contribution is 5.53. The van der Waals surface area contributed by atoms with E-state index in [1.165, 1.54) is 12.1 Å². The zero-order chi connectivity index (χ0) is 15.6. The highest BCUT2D eigenvalue weighted by Gasteiger charge is 2.35. The molecule has 2 atom stereocenters. The van der Waals surface area contributed by atoms with Crippen LogP contribution in [0.2, 0.25) is 0 Å². The van der Waals surface area contributed by atoms with Crippen LogP contribution in [0.25, 0.3) is 0 Å². The van der Waals surface area contributed by atoms with Gasteiger partial charge in [-0.3, -0.25) is 0 Å². The first kappa shape index (κ1) is 16.1. The summed E-state index contributed by atoms with van der Waals surface area (Å²) < 4.78 is 49.3. The van der Waals surface area contributed by atoms with Crippen LogP contribution in [0.5, 0.6) is 0 Å². The van der Waals surface area contributed by atoms with Crippen molar-refractivity contribution in [1.29, 1.82) is 0 Å². The number of nitrogens with two attached hydrogens (primary N) is 1. The summed E-state index contributed by atoms with van der Waals surface area (Å²) in [6, 6.07) is 4.04. The molecule has 1 aromatic carbocycles. The summed E-state index contributed by atoms with van der Waals surface area (Å²) in [5, 5.41) is 0. The van der Waals surface area contributed by atoms with E-state index in [0.717, 1.165) is 6.07 Å². The van der Waals surface area contributed by atoms with Crippen molar-refractivity contribution in [1.82, 2.24) is 0 Å². The number of rotatable bonds is 4. The van der Waals surface area contributed by atoms with Crippen molar-refractivity contribution in [2.24, 2.45) is 5.73 Å². The third-order valence-corrected chi connectivity index (χ3v) is 3.80. The first-order valence-electron chi connectivity index (χ1n) is 6.61. The van der Waals surface area contributed by atoms with Crippen molar-refractivity contribution < 1.29 is 22.6 Å². The molecule has 7 heteroatoms. The fourth-order valence-corrected chi connectivity index (χ4v) is 2.63. The lowest BCUT2D eigenvalue weighted by atomic mass is 10.1. The van der Waals surface area contributed by atoms with Gasteiger partial charge in [0.05, 0.1) is 5.56 Å². The van der Waals surface area contributed by atoms with Gasteiger partial charge in [-0.2, -0.15) is 13.2 Å². The Morgan fingerprint density at radius 2 is 1.76 bits per heavy atom. The van der Waals surface area contributed by atoms with Crippen LogP contribution in [0.15, 0.2) is 18.2 Å². The van der Waals surface area contributed by atoms with Gasteiger partial charge in [0.1, 0.15) is 12.2 Å². The lowest BCUT2D eigenvalue weighted by Crippen LogP contribution is -2.27. The Bertz CT molecular complexity index is 482. The normalized spacial score (nSPS) is 22.9. The van der Waals surface area contributed by atoms with Gasteiger partial charge in [-0.25, -0.2) is 0 Å². The molecular weight excluding hydrogens is 285 g/mol. The Balaban J connectivity index is 2.26. The molecule has 2 N–H and O–H groups in total. The predicted molar refractivity (Wildman–Crippen MR) is 73.1 cm³/mol. The lowest BCUT2D eigenvalue weighted by Gasteiger charge is -2.21. The van der Waals surface area contributed by atoms with E-state index < -0.39 is 11.7 Å². The van der Waals surface area contributed by atoms with Crippen LogP contribution >= 0.6 is 0 Å². The van der Waals surface area contributed by atoms with Crippen molar-refractivity contribution in [3.05, 3.63) is 29.3 Å². The Morgan fingerprint density at radius 1 is 1.19 bits per heavy atom. The maximum absolute atomic E-state index is 12.9. The summed E-state index contributed by atoms with van der Waals surface area (Å²) in [7, 11) is 3.19. The molecular formula is C14H19F3N2O2. The molecule has 1 fully saturated rings. The highest BCUT2D eigenvalue weighted by atomic mass is 19.4. The summed E-state index contributed by atoms with van der Waals surface area (Å²) in [6.45, 7) is 0.993. The number of ether oxygens (including phenoxy) is 2. The fraction of sp³-hybridized carbons (Fsp3) is 0.571. The largest absolute Gasteiger partial charge is 0.416 e. The second-order valence-electron chi connectivity index (χ2n) is 5.00. The van der Waals surface area contributed by atoms with Gasteiger partial charge in [0.15, 0.2) is 0 Å². The first-order chi connectivity index (χ1) is 9.90. The molecule has 1 aromatic rings. The minimum atomic E-state index is -4.39. The molecule has 2 rings (SSSR count). The third kappa shape index (κ3) is 3.30. The molecule has 1 aliphatic rings. The van der Waals surface area contributed by atoms with Crippen LogP contribution in [0, 0.1) is 0 Å². The van der Waals surface area contributed by atoms with Gasteiger partial charge in [0.2, 0.25) is 0 Å². The average Bonchev–Trinajstić information content (AvgIpc) is 2.88. The number of hydrogen-bond donors (Lipinski definition) is 1. The lowest BCUT2D eigenvalue weighted by molar-refractivity contribution is -0.138. The number of anilines is 1. The van der Waals surface area contributed by atoms with E-state index in [1.54, 1.807) is 14.2 Å². The van der Waals surface area contributed by atoms with E-state index in [-0.39, 0.29) is 24.3 Å². The van der Waals surface area contributed by atoms with E-state index in [9.17, 15) is 13.2 Å². The zero-order valence-corrected chi connectivity index (χ0v) is 12.0. The molecule has 118 valence electrons. The molecule has 2 unspecified atom stereocenters. The molecule has 1 heterocycles. The van der Waals surface area contributed by atoms with Gasteiger partial charge in [-0.15, -0.1) is 0 Å². The third-order valence-electron chi connectivity index (χ3n) is 3.80. The summed E-state index contributed by atoms with van der Waals surface area (Å²) >= 11 is 0. The van der Waals surface area contributed by atoms with Crippen molar-refractivity contribution >= 4 is 5.69 Å². The molecule has 21 heavy (non-hydrogen) atoms. The van der Waals surface area contributed by atoms with Crippen molar-refractivity contribution in [2.75, 3.05) is 32.2 Å². The number of nitrogens with zero attached hydrogens (tertiary/aromatic N) is 1. The van der Waals surface area contributed by atoms with E-state index in [4.69, 9.17) is 15.2 Å². The molecule has 0 bridgehead atoms. The minimum absolute atomic E-state index is 0.0924. The summed E-state index contributed by atoms with van der Waals surface area (Å²) in [6.07, 6.45) is -4.58. The number of alkyl halides is 3. The van der Waals surface area contributed by atoms with Crippen LogP contribution in [-0.4, -0.2) is 39.5 Å². The fourth-order valence-electron chi connectivity index (χ4n) is 2.63. The zero-order valence-electron chi connectivity index (χ0n) is 12.0. The quantitative estimate of drug-likeness (QED) is 0.924. The maximum Gasteiger partial charge on any atom is 0.416 e. The van der Waals surface area contributed by atoms with Gasteiger partial charge < -0.3 is 20.1 Å². The molecule has 1 saturated heterocycles. The van der Waals surface area contributed by atoms with Crippen molar-refractivity contribution in [2.45, 2.75) is 24.9 Å². The SMILES string of the molecule is COC1CN(c2ccc(C(F)(F)F)c(CN)c2)CC1OC. The molecule has 0 aliphatic carbocycles. The van der Waals surface area contributed by atoms with Gasteiger partial charge in [-0.1, -0.05) is 0 Å². The van der Waals surface area contributed by atoms with Crippen LogP contribution < -0.4 is 10.6 Å². The van der Waals surface area contributed by atoms with E-state index in [0.29, 0.717) is 18.8 Å². The van der Waals surface area contributed by atoms with Crippen molar-refractivity contribution in [3.63, 3.8) is 0 Å². The summed E-state index contributed by atoms with van der Waals surface area (Å²) in [5.74, 6) is 0. The molecule has 0 spiro atoms.